The Kier molecular flexibility index (Phi) is 3.59. The van der Waals surface area contributed by atoms with E-state index in [0.717, 1.165) is 11.3 Å². The second-order valence-electron chi connectivity index (χ2n) is 3.46. The summed E-state index contributed by atoms with van der Waals surface area (Å²) in [6.07, 6.45) is 1.81. The summed E-state index contributed by atoms with van der Waals surface area (Å²) in [6, 6.07) is 3.74. The zero-order valence-corrected chi connectivity index (χ0v) is 8.32. The highest BCUT2D eigenvalue weighted by Crippen LogP contribution is 2.11. The number of pyridine rings is 1. The molecule has 0 atom stereocenters. The molecule has 0 saturated heterocycles. The Morgan fingerprint density at radius 3 is 2.71 bits per heavy atom. The number of nitrogens with one attached hydrogen (secondary N) is 1. The summed E-state index contributed by atoms with van der Waals surface area (Å²) < 4.78 is 0. The summed E-state index contributed by atoms with van der Waals surface area (Å²) in [5, 5.41) is 8.32. The number of hydrogen-bond acceptors (Lipinski definition) is 3. The van der Waals surface area contributed by atoms with Gasteiger partial charge in [0.15, 0.2) is 0 Å². The van der Waals surface area contributed by atoms with E-state index in [4.69, 9.17) is 5.21 Å². The van der Waals surface area contributed by atoms with Crippen molar-refractivity contribution < 1.29 is 10.0 Å². The fourth-order valence-electron chi connectivity index (χ4n) is 1.11. The van der Waals surface area contributed by atoms with Crippen molar-refractivity contribution in [1.29, 1.82) is 0 Å². The van der Waals surface area contributed by atoms with Crippen LogP contribution in [-0.2, 0) is 11.2 Å². The molecule has 0 aliphatic heterocycles. The standard InChI is InChI=1S/C10H14N2O2/c1-7(2)9-4-3-8(6-11-9)5-10(13)12-14/h3-4,6-7,14H,5H2,1-2H3,(H,12,13). The molecule has 0 aliphatic carbocycles. The lowest BCUT2D eigenvalue weighted by molar-refractivity contribution is -0.128. The van der Waals surface area contributed by atoms with Crippen molar-refractivity contribution >= 4 is 5.91 Å². The van der Waals surface area contributed by atoms with Crippen molar-refractivity contribution in [2.24, 2.45) is 0 Å². The third-order valence-corrected chi connectivity index (χ3v) is 1.93. The Hall–Kier alpha value is -1.42. The zero-order valence-electron chi connectivity index (χ0n) is 8.32. The maximum Gasteiger partial charge on any atom is 0.247 e. The summed E-state index contributed by atoms with van der Waals surface area (Å²) in [5.41, 5.74) is 3.37. The molecule has 0 saturated carbocycles. The number of aromatic nitrogens is 1. The van der Waals surface area contributed by atoms with Crippen LogP contribution in [0.3, 0.4) is 0 Å². The summed E-state index contributed by atoms with van der Waals surface area (Å²) in [7, 11) is 0. The first kappa shape index (κ1) is 10.7. The van der Waals surface area contributed by atoms with Crippen LogP contribution in [0.1, 0.15) is 31.0 Å². The number of nitrogens with zero attached hydrogens (tertiary/aromatic N) is 1. The van der Waals surface area contributed by atoms with Gasteiger partial charge in [0.25, 0.3) is 0 Å². The van der Waals surface area contributed by atoms with E-state index in [2.05, 4.69) is 18.8 Å². The van der Waals surface area contributed by atoms with Crippen LogP contribution in [0, 0.1) is 0 Å². The third kappa shape index (κ3) is 2.81. The van der Waals surface area contributed by atoms with E-state index < -0.39 is 5.91 Å². The van der Waals surface area contributed by atoms with Crippen LogP contribution < -0.4 is 5.48 Å². The normalized spacial score (nSPS) is 10.3. The van der Waals surface area contributed by atoms with Gasteiger partial charge in [0.1, 0.15) is 0 Å². The number of hydroxylamine groups is 1. The maximum absolute atomic E-state index is 10.8. The van der Waals surface area contributed by atoms with Crippen molar-refractivity contribution in [2.75, 3.05) is 0 Å². The van der Waals surface area contributed by atoms with Gasteiger partial charge in [-0.05, 0) is 17.5 Å². The molecule has 1 heterocycles. The second kappa shape index (κ2) is 4.72. The molecule has 0 fully saturated rings. The van der Waals surface area contributed by atoms with Crippen LogP contribution in [0.15, 0.2) is 18.3 Å². The van der Waals surface area contributed by atoms with Gasteiger partial charge in [-0.3, -0.25) is 15.0 Å². The largest absolute Gasteiger partial charge is 0.289 e. The fourth-order valence-corrected chi connectivity index (χ4v) is 1.11. The molecule has 0 unspecified atom stereocenters. The molecule has 76 valence electrons. The topological polar surface area (TPSA) is 62.2 Å². The Balaban J connectivity index is 2.69. The Morgan fingerprint density at radius 1 is 1.57 bits per heavy atom. The quantitative estimate of drug-likeness (QED) is 0.562. The van der Waals surface area contributed by atoms with Crippen LogP contribution in [0.2, 0.25) is 0 Å². The molecule has 4 nitrogen and oxygen atoms in total. The van der Waals surface area contributed by atoms with Crippen molar-refractivity contribution in [3.05, 3.63) is 29.6 Å². The van der Waals surface area contributed by atoms with Crippen molar-refractivity contribution in [1.82, 2.24) is 10.5 Å². The lowest BCUT2D eigenvalue weighted by Crippen LogP contribution is -2.20. The summed E-state index contributed by atoms with van der Waals surface area (Å²) in [4.78, 5) is 15.0. The highest BCUT2D eigenvalue weighted by molar-refractivity contribution is 5.77. The monoisotopic (exact) mass is 194 g/mol. The first-order valence-corrected chi connectivity index (χ1v) is 4.51. The molecule has 0 spiro atoms. The van der Waals surface area contributed by atoms with Crippen molar-refractivity contribution in [3.63, 3.8) is 0 Å². The van der Waals surface area contributed by atoms with Crippen LogP contribution >= 0.6 is 0 Å². The van der Waals surface area contributed by atoms with Gasteiger partial charge in [0.05, 0.1) is 6.42 Å². The predicted molar refractivity (Wildman–Crippen MR) is 52.0 cm³/mol. The van der Waals surface area contributed by atoms with Gasteiger partial charge in [0.2, 0.25) is 5.91 Å². The maximum atomic E-state index is 10.8. The molecule has 1 amide bonds. The highest BCUT2D eigenvalue weighted by Gasteiger charge is 2.03. The number of rotatable bonds is 3. The first-order valence-electron chi connectivity index (χ1n) is 4.51. The average molecular weight is 194 g/mol. The summed E-state index contributed by atoms with van der Waals surface area (Å²) in [5.74, 6) is -0.0418. The lowest BCUT2D eigenvalue weighted by Gasteiger charge is -2.04. The summed E-state index contributed by atoms with van der Waals surface area (Å²) in [6.45, 7) is 4.12. The minimum atomic E-state index is -0.427. The first-order chi connectivity index (χ1) is 6.63. The van der Waals surface area contributed by atoms with Crippen LogP contribution in [-0.4, -0.2) is 16.1 Å². The number of carbonyl (C=O) groups is 1. The number of hydrogen-bond donors (Lipinski definition) is 2. The molecule has 4 heteroatoms. The smallest absolute Gasteiger partial charge is 0.247 e. The molecule has 14 heavy (non-hydrogen) atoms. The number of amides is 1. The van der Waals surface area contributed by atoms with Crippen LogP contribution in [0.5, 0.6) is 0 Å². The second-order valence-corrected chi connectivity index (χ2v) is 3.46. The van der Waals surface area contributed by atoms with Gasteiger partial charge < -0.3 is 0 Å². The van der Waals surface area contributed by atoms with E-state index in [0.29, 0.717) is 5.92 Å². The molecular formula is C10H14N2O2. The van der Waals surface area contributed by atoms with Gasteiger partial charge in [0, 0.05) is 11.9 Å². The third-order valence-electron chi connectivity index (χ3n) is 1.93. The average Bonchev–Trinajstić information content (AvgIpc) is 2.18. The predicted octanol–water partition coefficient (Wildman–Crippen LogP) is 1.25. The molecule has 1 aromatic heterocycles. The van der Waals surface area contributed by atoms with Gasteiger partial charge >= 0.3 is 0 Å². The van der Waals surface area contributed by atoms with Gasteiger partial charge in [-0.2, -0.15) is 0 Å². The Morgan fingerprint density at radius 2 is 2.29 bits per heavy atom. The minimum absolute atomic E-state index is 0.155. The van der Waals surface area contributed by atoms with Crippen molar-refractivity contribution in [2.45, 2.75) is 26.2 Å². The zero-order chi connectivity index (χ0) is 10.6. The van der Waals surface area contributed by atoms with Gasteiger partial charge in [-0.25, -0.2) is 5.48 Å². The van der Waals surface area contributed by atoms with Crippen LogP contribution in [0.4, 0.5) is 0 Å². The van der Waals surface area contributed by atoms with E-state index in [-0.39, 0.29) is 6.42 Å². The molecule has 0 aromatic carbocycles. The molecular weight excluding hydrogens is 180 g/mol. The molecule has 0 aliphatic rings. The molecule has 2 N–H and O–H groups in total. The van der Waals surface area contributed by atoms with E-state index >= 15 is 0 Å². The SMILES string of the molecule is CC(C)c1ccc(CC(=O)NO)cn1. The fraction of sp³-hybridized carbons (Fsp3) is 0.400. The Labute approximate surface area is 82.9 Å². The summed E-state index contributed by atoms with van der Waals surface area (Å²) >= 11 is 0. The molecule has 0 radical (unpaired) electrons. The molecule has 1 rings (SSSR count). The van der Waals surface area contributed by atoms with Crippen LogP contribution in [0.25, 0.3) is 0 Å². The minimum Gasteiger partial charge on any atom is -0.289 e. The van der Waals surface area contributed by atoms with E-state index in [1.54, 1.807) is 11.7 Å². The Bertz CT molecular complexity index is 306. The van der Waals surface area contributed by atoms with E-state index in [1.807, 2.05) is 12.1 Å². The van der Waals surface area contributed by atoms with Gasteiger partial charge in [-0.15, -0.1) is 0 Å². The van der Waals surface area contributed by atoms with Gasteiger partial charge in [-0.1, -0.05) is 19.9 Å². The lowest BCUT2D eigenvalue weighted by atomic mass is 10.1. The highest BCUT2D eigenvalue weighted by atomic mass is 16.5. The van der Waals surface area contributed by atoms with E-state index in [1.165, 1.54) is 0 Å². The van der Waals surface area contributed by atoms with Crippen molar-refractivity contribution in [3.8, 4) is 0 Å². The molecule has 1 aromatic rings. The van der Waals surface area contributed by atoms with E-state index in [9.17, 15) is 4.79 Å². The molecule has 0 bridgehead atoms. The number of carbonyl (C=O) groups excluding carboxylic acids is 1.